The van der Waals surface area contributed by atoms with Gasteiger partial charge in [0.2, 0.25) is 15.9 Å². The number of hydrogen-bond acceptors (Lipinski definition) is 4. The van der Waals surface area contributed by atoms with Crippen LogP contribution in [0.2, 0.25) is 0 Å². The standard InChI is InChI=1S/C16H24N2O4S/c1-12(13-5-8-15(9-6-13)23(17,20)21)18(2)16(19)10-7-14-4-3-11-22-14/h5-6,8-9,12,14H,3-4,7,10-11H2,1-2H3,(H2,17,20,21)/t12-,14-/m0/s1. The molecule has 2 N–H and O–H groups in total. The Morgan fingerprint density at radius 3 is 2.57 bits per heavy atom. The molecule has 6 nitrogen and oxygen atoms in total. The highest BCUT2D eigenvalue weighted by molar-refractivity contribution is 7.89. The van der Waals surface area contributed by atoms with Crippen LogP contribution < -0.4 is 5.14 Å². The van der Waals surface area contributed by atoms with Crippen molar-refractivity contribution < 1.29 is 17.9 Å². The van der Waals surface area contributed by atoms with E-state index in [0.29, 0.717) is 6.42 Å². The van der Waals surface area contributed by atoms with E-state index in [2.05, 4.69) is 0 Å². The van der Waals surface area contributed by atoms with E-state index < -0.39 is 10.0 Å². The Morgan fingerprint density at radius 2 is 2.04 bits per heavy atom. The van der Waals surface area contributed by atoms with Crippen LogP contribution in [-0.4, -0.2) is 39.0 Å². The van der Waals surface area contributed by atoms with Crippen LogP contribution in [0.15, 0.2) is 29.2 Å². The SMILES string of the molecule is C[C@@H](c1ccc(S(N)(=O)=O)cc1)N(C)C(=O)CC[C@@H]1CCCO1. The normalized spacial score (nSPS) is 19.5. The number of primary sulfonamides is 1. The minimum Gasteiger partial charge on any atom is -0.378 e. The Labute approximate surface area is 137 Å². The van der Waals surface area contributed by atoms with Crippen molar-refractivity contribution in [3.8, 4) is 0 Å². The summed E-state index contributed by atoms with van der Waals surface area (Å²) in [5.74, 6) is 0.0588. The van der Waals surface area contributed by atoms with Gasteiger partial charge < -0.3 is 9.64 Å². The highest BCUT2D eigenvalue weighted by Crippen LogP contribution is 2.23. The van der Waals surface area contributed by atoms with Gasteiger partial charge in [-0.3, -0.25) is 4.79 Å². The van der Waals surface area contributed by atoms with E-state index in [1.807, 2.05) is 6.92 Å². The van der Waals surface area contributed by atoms with E-state index in [9.17, 15) is 13.2 Å². The van der Waals surface area contributed by atoms with Gasteiger partial charge in [0.25, 0.3) is 0 Å². The lowest BCUT2D eigenvalue weighted by Gasteiger charge is -2.26. The van der Waals surface area contributed by atoms with Crippen LogP contribution in [0, 0.1) is 0 Å². The van der Waals surface area contributed by atoms with Crippen molar-refractivity contribution in [2.75, 3.05) is 13.7 Å². The highest BCUT2D eigenvalue weighted by Gasteiger charge is 2.21. The molecule has 1 aliphatic rings. The minimum absolute atomic E-state index is 0.0588. The molecule has 1 heterocycles. The van der Waals surface area contributed by atoms with Crippen LogP contribution in [-0.2, 0) is 19.6 Å². The van der Waals surface area contributed by atoms with Crippen LogP contribution in [0.3, 0.4) is 0 Å². The van der Waals surface area contributed by atoms with Gasteiger partial charge in [-0.1, -0.05) is 12.1 Å². The van der Waals surface area contributed by atoms with Gasteiger partial charge in [-0.05, 0) is 43.9 Å². The summed E-state index contributed by atoms with van der Waals surface area (Å²) in [5.41, 5.74) is 0.866. The number of benzene rings is 1. The fourth-order valence-corrected chi connectivity index (χ4v) is 3.22. The van der Waals surface area contributed by atoms with E-state index in [0.717, 1.165) is 31.4 Å². The number of ether oxygens (including phenoxy) is 1. The zero-order chi connectivity index (χ0) is 17.0. The molecule has 1 aromatic carbocycles. The van der Waals surface area contributed by atoms with Crippen molar-refractivity contribution in [3.05, 3.63) is 29.8 Å². The maximum absolute atomic E-state index is 12.3. The molecule has 23 heavy (non-hydrogen) atoms. The van der Waals surface area contributed by atoms with Crippen molar-refractivity contribution in [2.45, 2.75) is 49.6 Å². The van der Waals surface area contributed by atoms with E-state index in [-0.39, 0.29) is 22.9 Å². The molecule has 128 valence electrons. The van der Waals surface area contributed by atoms with Crippen molar-refractivity contribution in [2.24, 2.45) is 5.14 Å². The van der Waals surface area contributed by atoms with Crippen molar-refractivity contribution in [1.82, 2.24) is 4.90 Å². The van der Waals surface area contributed by atoms with Gasteiger partial charge in [-0.25, -0.2) is 13.6 Å². The number of amides is 1. The van der Waals surface area contributed by atoms with Gasteiger partial charge in [0.15, 0.2) is 0 Å². The van der Waals surface area contributed by atoms with E-state index >= 15 is 0 Å². The summed E-state index contributed by atoms with van der Waals surface area (Å²) in [6.45, 7) is 2.71. The number of nitrogens with zero attached hydrogens (tertiary/aromatic N) is 1. The summed E-state index contributed by atoms with van der Waals surface area (Å²) in [7, 11) is -1.93. The molecule has 0 spiro atoms. The zero-order valence-electron chi connectivity index (χ0n) is 13.6. The molecule has 0 saturated carbocycles. The van der Waals surface area contributed by atoms with Gasteiger partial charge in [0, 0.05) is 20.1 Å². The van der Waals surface area contributed by atoms with Gasteiger partial charge in [0.05, 0.1) is 17.0 Å². The number of sulfonamides is 1. The van der Waals surface area contributed by atoms with Crippen molar-refractivity contribution in [1.29, 1.82) is 0 Å². The maximum atomic E-state index is 12.3. The van der Waals surface area contributed by atoms with Crippen LogP contribution in [0.4, 0.5) is 0 Å². The molecule has 1 aromatic rings. The number of hydrogen-bond donors (Lipinski definition) is 1. The molecule has 0 bridgehead atoms. The minimum atomic E-state index is -3.69. The van der Waals surface area contributed by atoms with Crippen LogP contribution >= 0.6 is 0 Å². The Balaban J connectivity index is 1.95. The predicted octanol–water partition coefficient (Wildman–Crippen LogP) is 1.81. The molecule has 0 aliphatic carbocycles. The van der Waals surface area contributed by atoms with E-state index in [1.165, 1.54) is 12.1 Å². The zero-order valence-corrected chi connectivity index (χ0v) is 14.4. The number of rotatable bonds is 6. The highest BCUT2D eigenvalue weighted by atomic mass is 32.2. The smallest absolute Gasteiger partial charge is 0.238 e. The lowest BCUT2D eigenvalue weighted by Crippen LogP contribution is -2.30. The number of nitrogens with two attached hydrogens (primary N) is 1. The average molecular weight is 340 g/mol. The first-order chi connectivity index (χ1) is 10.8. The molecule has 1 fully saturated rings. The van der Waals surface area contributed by atoms with Gasteiger partial charge in [-0.2, -0.15) is 0 Å². The Hall–Kier alpha value is -1.44. The molecular formula is C16H24N2O4S. The third-order valence-corrected chi connectivity index (χ3v) is 5.30. The first kappa shape index (κ1) is 17.9. The lowest BCUT2D eigenvalue weighted by atomic mass is 10.1. The molecule has 0 aromatic heterocycles. The molecule has 0 radical (unpaired) electrons. The largest absolute Gasteiger partial charge is 0.378 e. The maximum Gasteiger partial charge on any atom is 0.238 e. The lowest BCUT2D eigenvalue weighted by molar-refractivity contribution is -0.132. The third-order valence-electron chi connectivity index (χ3n) is 4.37. The second kappa shape index (κ2) is 7.42. The number of carbonyl (C=O) groups excluding carboxylic acids is 1. The van der Waals surface area contributed by atoms with Gasteiger partial charge >= 0.3 is 0 Å². The topological polar surface area (TPSA) is 89.7 Å². The molecule has 1 amide bonds. The quantitative estimate of drug-likeness (QED) is 0.855. The summed E-state index contributed by atoms with van der Waals surface area (Å²) in [6.07, 6.45) is 3.51. The summed E-state index contributed by atoms with van der Waals surface area (Å²) in [6, 6.07) is 6.17. The van der Waals surface area contributed by atoms with Gasteiger partial charge in [-0.15, -0.1) is 0 Å². The first-order valence-electron chi connectivity index (χ1n) is 7.79. The molecule has 7 heteroatoms. The van der Waals surface area contributed by atoms with E-state index in [4.69, 9.17) is 9.88 Å². The number of carbonyl (C=O) groups is 1. The molecule has 1 aliphatic heterocycles. The van der Waals surface area contributed by atoms with E-state index in [1.54, 1.807) is 24.1 Å². The molecule has 0 unspecified atom stereocenters. The molecular weight excluding hydrogens is 316 g/mol. The van der Waals surface area contributed by atoms with Crippen LogP contribution in [0.25, 0.3) is 0 Å². The monoisotopic (exact) mass is 340 g/mol. The second-order valence-corrected chi connectivity index (χ2v) is 7.53. The van der Waals surface area contributed by atoms with Crippen LogP contribution in [0.5, 0.6) is 0 Å². The summed E-state index contributed by atoms with van der Waals surface area (Å²) in [4.78, 5) is 14.0. The predicted molar refractivity (Wildman–Crippen MR) is 87.2 cm³/mol. The summed E-state index contributed by atoms with van der Waals surface area (Å²) in [5, 5.41) is 5.09. The van der Waals surface area contributed by atoms with Crippen molar-refractivity contribution >= 4 is 15.9 Å². The second-order valence-electron chi connectivity index (χ2n) is 5.97. The summed E-state index contributed by atoms with van der Waals surface area (Å²) < 4.78 is 28.1. The Morgan fingerprint density at radius 1 is 1.39 bits per heavy atom. The average Bonchev–Trinajstić information content (AvgIpc) is 3.04. The molecule has 2 atom stereocenters. The Bertz CT molecular complexity index is 637. The molecule has 2 rings (SSSR count). The Kier molecular flexibility index (Phi) is 5.78. The fourth-order valence-electron chi connectivity index (χ4n) is 2.71. The van der Waals surface area contributed by atoms with Crippen LogP contribution in [0.1, 0.15) is 44.2 Å². The molecule has 1 saturated heterocycles. The first-order valence-corrected chi connectivity index (χ1v) is 9.33. The summed E-state index contributed by atoms with van der Waals surface area (Å²) >= 11 is 0. The fraction of sp³-hybridized carbons (Fsp3) is 0.562. The third kappa shape index (κ3) is 4.76. The van der Waals surface area contributed by atoms with Gasteiger partial charge in [0.1, 0.15) is 0 Å². The van der Waals surface area contributed by atoms with Crippen molar-refractivity contribution in [3.63, 3.8) is 0 Å².